The number of unbranched alkanes of at least 4 members (excludes halogenated alkanes) is 9. The maximum absolute atomic E-state index is 8.57. The second kappa shape index (κ2) is 23.0. The van der Waals surface area contributed by atoms with Crippen LogP contribution in [0.4, 0.5) is 4.79 Å². The minimum absolute atomic E-state index is 0. The third-order valence-corrected chi connectivity index (χ3v) is 2.51. The number of carbonyl (C=O) groups is 1. The van der Waals surface area contributed by atoms with E-state index in [0.29, 0.717) is 6.61 Å². The zero-order valence-corrected chi connectivity index (χ0v) is 11.0. The van der Waals surface area contributed by atoms with Gasteiger partial charge in [0.05, 0.1) is 0 Å². The van der Waals surface area contributed by atoms with Gasteiger partial charge in [-0.2, -0.15) is 0 Å². The van der Waals surface area contributed by atoms with Crippen LogP contribution in [-0.4, -0.2) is 79.5 Å². The Morgan fingerprint density at radius 3 is 1.33 bits per heavy atom. The van der Waals surface area contributed by atoms with Gasteiger partial charge in [0.25, 0.3) is 0 Å². The molecule has 0 aromatic rings. The number of aliphatic hydroxyl groups excluding tert-OH is 1. The van der Waals surface area contributed by atoms with Crippen molar-refractivity contribution in [3.05, 3.63) is 0 Å². The minimum atomic E-state index is -1.83. The Labute approximate surface area is 154 Å². The summed E-state index contributed by atoms with van der Waals surface area (Å²) in [5.74, 6) is 0. The number of hydrogen-bond donors (Lipinski definition) is 3. The molecular weight excluding hydrogens is 259 g/mol. The van der Waals surface area contributed by atoms with E-state index in [9.17, 15) is 0 Å². The van der Waals surface area contributed by atoms with Gasteiger partial charge in [-0.1, -0.05) is 64.7 Å². The molecule has 0 amide bonds. The fourth-order valence-electron chi connectivity index (χ4n) is 1.60. The zero-order valence-electron chi connectivity index (χ0n) is 11.0. The van der Waals surface area contributed by atoms with Gasteiger partial charge < -0.3 is 15.3 Å². The van der Waals surface area contributed by atoms with Crippen LogP contribution in [0.5, 0.6) is 0 Å². The summed E-state index contributed by atoms with van der Waals surface area (Å²) in [6.07, 6.45) is 11.5. The first-order valence-electron chi connectivity index (χ1n) is 6.67. The van der Waals surface area contributed by atoms with Gasteiger partial charge in [-0.05, 0) is 6.42 Å². The normalized spacial score (nSPS) is 9.00. The first-order chi connectivity index (χ1) is 8.15. The van der Waals surface area contributed by atoms with Gasteiger partial charge >= 0.3 is 57.5 Å². The molecule has 4 nitrogen and oxygen atoms in total. The van der Waals surface area contributed by atoms with Crippen LogP contribution in [0.25, 0.3) is 0 Å². The quantitative estimate of drug-likeness (QED) is 0.425. The standard InChI is InChI=1S/C12H26O.CH2O3.K.H/c1-2-3-4-5-6-7-8-9-10-11-12-13;2-1(3)4;;/h13H,2-12H2,1H3;(H2,2,3,4);;. The van der Waals surface area contributed by atoms with Crippen LogP contribution < -0.4 is 0 Å². The predicted octanol–water partition coefficient (Wildman–Crippen LogP) is 3.47. The van der Waals surface area contributed by atoms with Crippen molar-refractivity contribution in [2.75, 3.05) is 6.61 Å². The second-order valence-electron chi connectivity index (χ2n) is 4.19. The van der Waals surface area contributed by atoms with E-state index < -0.39 is 6.16 Å². The molecule has 0 rings (SSSR count). The number of carboxylic acid groups (broad SMARTS) is 2. The molecule has 5 heteroatoms. The van der Waals surface area contributed by atoms with Crippen LogP contribution >= 0.6 is 0 Å². The van der Waals surface area contributed by atoms with Crippen LogP contribution in [-0.2, 0) is 0 Å². The molecule has 0 aliphatic heterocycles. The molecule has 0 aromatic heterocycles. The molecule has 0 unspecified atom stereocenters. The number of rotatable bonds is 10. The van der Waals surface area contributed by atoms with Crippen LogP contribution in [0.15, 0.2) is 0 Å². The molecule has 0 fully saturated rings. The Hall–Kier alpha value is 0.866. The van der Waals surface area contributed by atoms with E-state index >= 15 is 0 Å². The Bertz CT molecular complexity index is 140. The summed E-state index contributed by atoms with van der Waals surface area (Å²) in [5.41, 5.74) is 0. The summed E-state index contributed by atoms with van der Waals surface area (Å²) >= 11 is 0. The molecule has 0 saturated carbocycles. The predicted molar refractivity (Wildman–Crippen MR) is 76.7 cm³/mol. The van der Waals surface area contributed by atoms with Crippen LogP contribution in [0, 0.1) is 0 Å². The topological polar surface area (TPSA) is 77.8 Å². The molecule has 0 radical (unpaired) electrons. The van der Waals surface area contributed by atoms with Crippen molar-refractivity contribution in [2.24, 2.45) is 0 Å². The van der Waals surface area contributed by atoms with Crippen LogP contribution in [0.2, 0.25) is 0 Å². The van der Waals surface area contributed by atoms with Gasteiger partial charge in [-0.3, -0.25) is 0 Å². The molecule has 106 valence electrons. The summed E-state index contributed by atoms with van der Waals surface area (Å²) < 4.78 is 0. The summed E-state index contributed by atoms with van der Waals surface area (Å²) in [6.45, 7) is 2.63. The van der Waals surface area contributed by atoms with Crippen LogP contribution in [0.1, 0.15) is 71.1 Å². The van der Waals surface area contributed by atoms with Crippen molar-refractivity contribution < 1.29 is 20.1 Å². The van der Waals surface area contributed by atoms with Crippen molar-refractivity contribution in [1.29, 1.82) is 0 Å². The maximum atomic E-state index is 8.57. The van der Waals surface area contributed by atoms with Gasteiger partial charge in [0.1, 0.15) is 0 Å². The van der Waals surface area contributed by atoms with E-state index in [1.807, 2.05) is 0 Å². The molecule has 0 heterocycles. The Morgan fingerprint density at radius 2 is 1.06 bits per heavy atom. The van der Waals surface area contributed by atoms with E-state index in [4.69, 9.17) is 20.1 Å². The summed E-state index contributed by atoms with van der Waals surface area (Å²) in [6, 6.07) is 0. The first kappa shape index (κ1) is 23.9. The molecule has 0 aliphatic carbocycles. The van der Waals surface area contributed by atoms with Crippen molar-refractivity contribution >= 4 is 57.5 Å². The molecule has 0 bridgehead atoms. The third kappa shape index (κ3) is 36.0. The average molecular weight is 288 g/mol. The molecule has 18 heavy (non-hydrogen) atoms. The summed E-state index contributed by atoms with van der Waals surface area (Å²) in [4.78, 5) is 8.56. The first-order valence-corrected chi connectivity index (χ1v) is 6.67. The average Bonchev–Trinajstić information content (AvgIpc) is 2.26. The zero-order chi connectivity index (χ0) is 13.4. The molecule has 0 aliphatic rings. The van der Waals surface area contributed by atoms with Crippen molar-refractivity contribution in [3.8, 4) is 0 Å². The fraction of sp³-hybridized carbons (Fsp3) is 0.923. The second-order valence-corrected chi connectivity index (χ2v) is 4.19. The SMILES string of the molecule is CCCCCCCCCCCCO.O=C(O)O.[KH]. The molecule has 0 aromatic carbocycles. The fourth-order valence-corrected chi connectivity index (χ4v) is 1.60. The molecule has 0 spiro atoms. The molecule has 0 saturated heterocycles. The van der Waals surface area contributed by atoms with Gasteiger partial charge in [0.2, 0.25) is 0 Å². The monoisotopic (exact) mass is 288 g/mol. The van der Waals surface area contributed by atoms with Gasteiger partial charge in [0.15, 0.2) is 0 Å². The van der Waals surface area contributed by atoms with Gasteiger partial charge in [-0.15, -0.1) is 0 Å². The van der Waals surface area contributed by atoms with Crippen LogP contribution in [0.3, 0.4) is 0 Å². The summed E-state index contributed by atoms with van der Waals surface area (Å²) in [7, 11) is 0. The van der Waals surface area contributed by atoms with Crippen molar-refractivity contribution in [2.45, 2.75) is 71.1 Å². The van der Waals surface area contributed by atoms with E-state index in [1.165, 1.54) is 57.8 Å². The van der Waals surface area contributed by atoms with Gasteiger partial charge in [-0.25, -0.2) is 4.79 Å². The number of aliphatic hydroxyl groups is 1. The van der Waals surface area contributed by atoms with E-state index in [2.05, 4.69) is 6.92 Å². The van der Waals surface area contributed by atoms with E-state index in [-0.39, 0.29) is 51.4 Å². The van der Waals surface area contributed by atoms with Crippen molar-refractivity contribution in [1.82, 2.24) is 0 Å². The van der Waals surface area contributed by atoms with E-state index in [1.54, 1.807) is 0 Å². The third-order valence-electron chi connectivity index (χ3n) is 2.51. The van der Waals surface area contributed by atoms with Gasteiger partial charge in [0, 0.05) is 6.61 Å². The Balaban J connectivity index is -0.000000392. The molecule has 0 atom stereocenters. The molecular formula is C13H29KO4. The number of hydrogen-bond acceptors (Lipinski definition) is 2. The Morgan fingerprint density at radius 1 is 0.778 bits per heavy atom. The molecule has 3 N–H and O–H groups in total. The Kier molecular flexibility index (Phi) is 30.6. The van der Waals surface area contributed by atoms with E-state index in [0.717, 1.165) is 6.42 Å². The summed E-state index contributed by atoms with van der Waals surface area (Å²) in [5, 5.41) is 22.5. The van der Waals surface area contributed by atoms with Crippen molar-refractivity contribution in [3.63, 3.8) is 0 Å².